The lowest BCUT2D eigenvalue weighted by Crippen LogP contribution is -2.54. The van der Waals surface area contributed by atoms with Gasteiger partial charge in [0, 0.05) is 24.1 Å². The van der Waals surface area contributed by atoms with E-state index in [4.69, 9.17) is 16.0 Å². The summed E-state index contributed by atoms with van der Waals surface area (Å²) in [5, 5.41) is 8.38. The largest absolute Gasteiger partial charge is 0.411 e. The number of ketones is 1. The fourth-order valence-corrected chi connectivity index (χ4v) is 5.04. The molecule has 0 bridgehead atoms. The Morgan fingerprint density at radius 2 is 1.94 bits per heavy atom. The van der Waals surface area contributed by atoms with E-state index >= 15 is 0 Å². The van der Waals surface area contributed by atoms with E-state index in [2.05, 4.69) is 10.2 Å². The predicted molar refractivity (Wildman–Crippen MR) is 120 cm³/mol. The van der Waals surface area contributed by atoms with Gasteiger partial charge in [-0.15, -0.1) is 10.2 Å². The molecule has 0 spiro atoms. The van der Waals surface area contributed by atoms with Crippen molar-refractivity contribution in [3.8, 4) is 11.5 Å². The quantitative estimate of drug-likeness (QED) is 0.462. The fourth-order valence-electron chi connectivity index (χ4n) is 4.07. The molecule has 166 valence electrons. The number of nitrogens with zero attached hydrogens (tertiary/aromatic N) is 3. The third kappa shape index (κ3) is 4.17. The van der Waals surface area contributed by atoms with Crippen molar-refractivity contribution in [1.82, 2.24) is 15.1 Å². The number of carbonyl (C=O) groups is 2. The molecule has 1 saturated carbocycles. The minimum atomic E-state index is -1.10. The minimum absolute atomic E-state index is 0.0164. The molecule has 0 saturated heterocycles. The third-order valence-electron chi connectivity index (χ3n) is 5.75. The lowest BCUT2D eigenvalue weighted by atomic mass is 9.74. The van der Waals surface area contributed by atoms with Gasteiger partial charge in [-0.3, -0.25) is 9.59 Å². The monoisotopic (exact) mass is 473 g/mol. The number of carbonyl (C=O) groups excluding carboxylic acids is 2. The van der Waals surface area contributed by atoms with Gasteiger partial charge in [-0.2, -0.15) is 0 Å². The molecular weight excluding hydrogens is 453 g/mol. The summed E-state index contributed by atoms with van der Waals surface area (Å²) in [5.74, 6) is -0.731. The number of likely N-dealkylation sites (N-methyl/N-ethyl adjacent to an activating group) is 1. The summed E-state index contributed by atoms with van der Waals surface area (Å²) in [6, 6.07) is 13.2. The van der Waals surface area contributed by atoms with Crippen LogP contribution in [-0.2, 0) is 15.1 Å². The summed E-state index contributed by atoms with van der Waals surface area (Å²) < 4.78 is 19.5. The van der Waals surface area contributed by atoms with Crippen LogP contribution in [0, 0.1) is 5.82 Å². The highest BCUT2D eigenvalue weighted by Crippen LogP contribution is 2.42. The van der Waals surface area contributed by atoms with E-state index in [1.54, 1.807) is 37.4 Å². The SMILES string of the molecule is CN(C(=O)CSc1nnc(-c2ccccc2F)o1)[C@@]1(c2ccccc2Cl)CCCCC1=O. The fraction of sp³-hybridized carbons (Fsp3) is 0.304. The van der Waals surface area contributed by atoms with Crippen LogP contribution in [0.25, 0.3) is 11.5 Å². The number of rotatable bonds is 6. The number of Topliss-reactive ketones (excluding diaryl/α,β-unsaturated/α-hetero) is 1. The molecule has 9 heteroatoms. The molecule has 2 aromatic carbocycles. The first-order valence-corrected chi connectivity index (χ1v) is 11.6. The Morgan fingerprint density at radius 3 is 2.69 bits per heavy atom. The average Bonchev–Trinajstić information content (AvgIpc) is 3.27. The van der Waals surface area contributed by atoms with Crippen LogP contribution < -0.4 is 0 Å². The molecule has 0 aliphatic heterocycles. The Morgan fingerprint density at radius 1 is 1.19 bits per heavy atom. The summed E-state index contributed by atoms with van der Waals surface area (Å²) in [5.41, 5.74) is -0.255. The standard InChI is InChI=1S/C23H21ClFN3O3S/c1-28(23(13-7-6-12-19(23)29)16-9-3-4-10-17(16)24)20(30)14-32-22-27-26-21(31-22)15-8-2-5-11-18(15)25/h2-5,8-11H,6-7,12-14H2,1H3/t23-/m1/s1. The number of hydrogen-bond donors (Lipinski definition) is 0. The molecule has 1 fully saturated rings. The van der Waals surface area contributed by atoms with Crippen molar-refractivity contribution in [2.24, 2.45) is 0 Å². The van der Waals surface area contributed by atoms with Crippen LogP contribution in [0.2, 0.25) is 5.02 Å². The lowest BCUT2D eigenvalue weighted by molar-refractivity contribution is -0.146. The Balaban J connectivity index is 1.53. The second-order valence-electron chi connectivity index (χ2n) is 7.56. The zero-order valence-corrected chi connectivity index (χ0v) is 19.0. The molecule has 1 aliphatic rings. The van der Waals surface area contributed by atoms with Crippen molar-refractivity contribution in [3.63, 3.8) is 0 Å². The van der Waals surface area contributed by atoms with E-state index in [0.29, 0.717) is 23.4 Å². The van der Waals surface area contributed by atoms with Gasteiger partial charge >= 0.3 is 0 Å². The van der Waals surface area contributed by atoms with Crippen molar-refractivity contribution in [2.45, 2.75) is 36.4 Å². The second kappa shape index (κ2) is 9.42. The van der Waals surface area contributed by atoms with Gasteiger partial charge in [0.25, 0.3) is 11.1 Å². The van der Waals surface area contributed by atoms with Crippen LogP contribution >= 0.6 is 23.4 Å². The zero-order chi connectivity index (χ0) is 22.7. The van der Waals surface area contributed by atoms with E-state index < -0.39 is 11.4 Å². The third-order valence-corrected chi connectivity index (χ3v) is 6.88. The number of halogens is 2. The van der Waals surface area contributed by atoms with Crippen LogP contribution in [0.5, 0.6) is 0 Å². The molecule has 0 radical (unpaired) electrons. The van der Waals surface area contributed by atoms with E-state index in [-0.39, 0.29) is 34.1 Å². The minimum Gasteiger partial charge on any atom is -0.411 e. The molecule has 0 N–H and O–H groups in total. The maximum Gasteiger partial charge on any atom is 0.277 e. The first kappa shape index (κ1) is 22.5. The van der Waals surface area contributed by atoms with Gasteiger partial charge < -0.3 is 9.32 Å². The number of thioether (sulfide) groups is 1. The summed E-state index contributed by atoms with van der Waals surface area (Å²) in [4.78, 5) is 27.8. The molecule has 1 amide bonds. The van der Waals surface area contributed by atoms with Crippen LogP contribution in [0.1, 0.15) is 31.2 Å². The Kier molecular flexibility index (Phi) is 6.62. The highest BCUT2D eigenvalue weighted by Gasteiger charge is 2.47. The van der Waals surface area contributed by atoms with E-state index in [1.807, 2.05) is 6.07 Å². The van der Waals surface area contributed by atoms with Gasteiger partial charge in [-0.25, -0.2) is 4.39 Å². The van der Waals surface area contributed by atoms with Crippen LogP contribution in [0.15, 0.2) is 58.2 Å². The van der Waals surface area contributed by atoms with Gasteiger partial charge in [-0.05, 0) is 37.5 Å². The Labute approximate surface area is 194 Å². The average molecular weight is 474 g/mol. The lowest BCUT2D eigenvalue weighted by Gasteiger charge is -2.44. The van der Waals surface area contributed by atoms with Gasteiger partial charge in [0.05, 0.1) is 11.3 Å². The highest BCUT2D eigenvalue weighted by molar-refractivity contribution is 7.99. The molecule has 1 heterocycles. The summed E-state index contributed by atoms with van der Waals surface area (Å²) in [6.45, 7) is 0. The van der Waals surface area contributed by atoms with E-state index in [0.717, 1.165) is 24.6 Å². The molecule has 1 atom stereocenters. The molecular formula is C23H21ClFN3O3S. The number of benzene rings is 2. The zero-order valence-electron chi connectivity index (χ0n) is 17.4. The molecule has 4 rings (SSSR count). The number of hydrogen-bond acceptors (Lipinski definition) is 6. The molecule has 32 heavy (non-hydrogen) atoms. The van der Waals surface area contributed by atoms with Crippen molar-refractivity contribution < 1.29 is 18.4 Å². The van der Waals surface area contributed by atoms with Gasteiger partial charge in [-0.1, -0.05) is 53.7 Å². The van der Waals surface area contributed by atoms with Gasteiger partial charge in [0.1, 0.15) is 11.4 Å². The first-order chi connectivity index (χ1) is 15.4. The van der Waals surface area contributed by atoms with Crippen molar-refractivity contribution in [3.05, 3.63) is 64.9 Å². The molecule has 3 aromatic rings. The van der Waals surface area contributed by atoms with Crippen LogP contribution in [0.4, 0.5) is 4.39 Å². The Hall–Kier alpha value is -2.71. The summed E-state index contributed by atoms with van der Waals surface area (Å²) >= 11 is 7.49. The van der Waals surface area contributed by atoms with Crippen molar-refractivity contribution in [2.75, 3.05) is 12.8 Å². The molecule has 0 unspecified atom stereocenters. The molecule has 6 nitrogen and oxygen atoms in total. The second-order valence-corrected chi connectivity index (χ2v) is 8.90. The molecule has 1 aliphatic carbocycles. The normalized spacial score (nSPS) is 18.5. The van der Waals surface area contributed by atoms with E-state index in [1.165, 1.54) is 17.0 Å². The van der Waals surface area contributed by atoms with Crippen LogP contribution in [-0.4, -0.2) is 39.6 Å². The van der Waals surface area contributed by atoms with Gasteiger partial charge in [0.15, 0.2) is 5.78 Å². The topological polar surface area (TPSA) is 76.3 Å². The maximum atomic E-state index is 13.9. The maximum absolute atomic E-state index is 13.9. The van der Waals surface area contributed by atoms with Crippen molar-refractivity contribution >= 4 is 35.1 Å². The van der Waals surface area contributed by atoms with Crippen molar-refractivity contribution in [1.29, 1.82) is 0 Å². The van der Waals surface area contributed by atoms with Gasteiger partial charge in [0.2, 0.25) is 5.91 Å². The number of aromatic nitrogens is 2. The smallest absolute Gasteiger partial charge is 0.277 e. The summed E-state index contributed by atoms with van der Waals surface area (Å²) in [7, 11) is 1.63. The number of amides is 1. The summed E-state index contributed by atoms with van der Waals surface area (Å²) in [6.07, 6.45) is 2.52. The first-order valence-electron chi connectivity index (χ1n) is 10.2. The predicted octanol–water partition coefficient (Wildman–Crippen LogP) is 5.12. The molecule has 1 aromatic heterocycles. The highest BCUT2D eigenvalue weighted by atomic mass is 35.5. The Bertz CT molecular complexity index is 1150. The van der Waals surface area contributed by atoms with E-state index in [9.17, 15) is 14.0 Å². The van der Waals surface area contributed by atoms with Crippen LogP contribution in [0.3, 0.4) is 0 Å².